The molecule has 0 spiro atoms. The molecule has 0 aliphatic carbocycles. The predicted molar refractivity (Wildman–Crippen MR) is 78.6 cm³/mol. The molecule has 0 aromatic heterocycles. The normalized spacial score (nSPS) is 25.2. The first-order valence-corrected chi connectivity index (χ1v) is 6.96. The third-order valence-corrected chi connectivity index (χ3v) is 3.30. The summed E-state index contributed by atoms with van der Waals surface area (Å²) in [6, 6.07) is 7.26. The van der Waals surface area contributed by atoms with E-state index < -0.39 is 0 Å². The Bertz CT molecular complexity index is 481. The standard InChI is InChI=1S/C16H21NO3/c1-4-15-11(2)5-10-16(20-15)19-14-8-6-13(7-9-14)17-12(3)18/h5-11,15-16H,4H2,1-3H3,(H,17,18)/t11-,15+,16-/m0/s1. The highest BCUT2D eigenvalue weighted by atomic mass is 16.7. The third kappa shape index (κ3) is 3.84. The fourth-order valence-electron chi connectivity index (χ4n) is 2.22. The van der Waals surface area contributed by atoms with Crippen molar-refractivity contribution in [1.29, 1.82) is 0 Å². The lowest BCUT2D eigenvalue weighted by atomic mass is 10.00. The number of ether oxygens (including phenoxy) is 2. The summed E-state index contributed by atoms with van der Waals surface area (Å²) in [6.07, 6.45) is 4.89. The van der Waals surface area contributed by atoms with E-state index in [0.29, 0.717) is 5.92 Å². The molecule has 108 valence electrons. The van der Waals surface area contributed by atoms with E-state index in [2.05, 4.69) is 25.2 Å². The fourth-order valence-corrected chi connectivity index (χ4v) is 2.22. The number of anilines is 1. The number of hydrogen-bond donors (Lipinski definition) is 1. The number of amides is 1. The van der Waals surface area contributed by atoms with Gasteiger partial charge in [-0.15, -0.1) is 0 Å². The lowest BCUT2D eigenvalue weighted by Gasteiger charge is -2.29. The van der Waals surface area contributed by atoms with E-state index in [-0.39, 0.29) is 18.3 Å². The van der Waals surface area contributed by atoms with Crippen LogP contribution in [0.25, 0.3) is 0 Å². The Morgan fingerprint density at radius 3 is 2.60 bits per heavy atom. The Hall–Kier alpha value is -1.81. The van der Waals surface area contributed by atoms with Gasteiger partial charge in [-0.3, -0.25) is 4.79 Å². The molecule has 0 saturated carbocycles. The highest BCUT2D eigenvalue weighted by Gasteiger charge is 2.23. The smallest absolute Gasteiger partial charge is 0.221 e. The van der Waals surface area contributed by atoms with Crippen LogP contribution in [0.15, 0.2) is 36.4 Å². The molecular weight excluding hydrogens is 254 g/mol. The molecule has 1 heterocycles. The molecule has 0 fully saturated rings. The van der Waals surface area contributed by atoms with Crippen LogP contribution in [-0.4, -0.2) is 18.3 Å². The minimum absolute atomic E-state index is 0.0861. The predicted octanol–water partition coefficient (Wildman–Crippen LogP) is 3.35. The first-order chi connectivity index (χ1) is 9.58. The maximum absolute atomic E-state index is 10.9. The van der Waals surface area contributed by atoms with Crippen LogP contribution >= 0.6 is 0 Å². The molecule has 3 atom stereocenters. The van der Waals surface area contributed by atoms with E-state index in [1.165, 1.54) is 6.92 Å². The van der Waals surface area contributed by atoms with Crippen molar-refractivity contribution in [2.75, 3.05) is 5.32 Å². The topological polar surface area (TPSA) is 47.6 Å². The van der Waals surface area contributed by atoms with Gasteiger partial charge in [0.1, 0.15) is 5.75 Å². The Balaban J connectivity index is 1.96. The van der Waals surface area contributed by atoms with E-state index >= 15 is 0 Å². The molecule has 0 unspecified atom stereocenters. The zero-order valence-corrected chi connectivity index (χ0v) is 12.1. The number of carbonyl (C=O) groups is 1. The van der Waals surface area contributed by atoms with Crippen molar-refractivity contribution in [1.82, 2.24) is 0 Å². The van der Waals surface area contributed by atoms with Crippen LogP contribution in [0.1, 0.15) is 27.2 Å². The van der Waals surface area contributed by atoms with Crippen molar-refractivity contribution >= 4 is 11.6 Å². The number of nitrogens with one attached hydrogen (secondary N) is 1. The van der Waals surface area contributed by atoms with Gasteiger partial charge >= 0.3 is 0 Å². The van der Waals surface area contributed by atoms with Crippen molar-refractivity contribution < 1.29 is 14.3 Å². The zero-order chi connectivity index (χ0) is 14.5. The first-order valence-electron chi connectivity index (χ1n) is 6.96. The minimum Gasteiger partial charge on any atom is -0.461 e. The maximum Gasteiger partial charge on any atom is 0.221 e. The average Bonchev–Trinajstić information content (AvgIpc) is 2.42. The highest BCUT2D eigenvalue weighted by molar-refractivity contribution is 5.88. The second-order valence-corrected chi connectivity index (χ2v) is 5.02. The second kappa shape index (κ2) is 6.57. The summed E-state index contributed by atoms with van der Waals surface area (Å²) >= 11 is 0. The van der Waals surface area contributed by atoms with Crippen LogP contribution in [0, 0.1) is 5.92 Å². The zero-order valence-electron chi connectivity index (χ0n) is 12.1. The Morgan fingerprint density at radius 2 is 2.00 bits per heavy atom. The number of rotatable bonds is 4. The van der Waals surface area contributed by atoms with E-state index in [1.807, 2.05) is 30.3 Å². The molecule has 1 aliphatic rings. The van der Waals surface area contributed by atoms with Crippen LogP contribution in [0.5, 0.6) is 5.75 Å². The molecule has 1 aliphatic heterocycles. The lowest BCUT2D eigenvalue weighted by molar-refractivity contribution is -0.114. The van der Waals surface area contributed by atoms with Crippen molar-refractivity contribution in [2.24, 2.45) is 5.92 Å². The molecule has 2 rings (SSSR count). The summed E-state index contributed by atoms with van der Waals surface area (Å²) in [7, 11) is 0. The van der Waals surface area contributed by atoms with Gasteiger partial charge in [-0.2, -0.15) is 0 Å². The lowest BCUT2D eigenvalue weighted by Crippen LogP contribution is -2.32. The third-order valence-electron chi connectivity index (χ3n) is 3.30. The van der Waals surface area contributed by atoms with E-state index in [0.717, 1.165) is 17.9 Å². The Kier molecular flexibility index (Phi) is 4.79. The van der Waals surface area contributed by atoms with Gasteiger partial charge in [-0.1, -0.05) is 19.9 Å². The van der Waals surface area contributed by atoms with Crippen LogP contribution in [0.4, 0.5) is 5.69 Å². The van der Waals surface area contributed by atoms with E-state index in [4.69, 9.17) is 9.47 Å². The summed E-state index contributed by atoms with van der Waals surface area (Å²) in [5, 5.41) is 2.72. The van der Waals surface area contributed by atoms with Crippen LogP contribution in [0.2, 0.25) is 0 Å². The van der Waals surface area contributed by atoms with Crippen molar-refractivity contribution in [3.8, 4) is 5.75 Å². The molecule has 1 amide bonds. The average molecular weight is 275 g/mol. The van der Waals surface area contributed by atoms with Gasteiger partial charge in [0.15, 0.2) is 0 Å². The van der Waals surface area contributed by atoms with Crippen LogP contribution in [0.3, 0.4) is 0 Å². The summed E-state index contributed by atoms with van der Waals surface area (Å²) in [4.78, 5) is 10.9. The molecule has 4 nitrogen and oxygen atoms in total. The van der Waals surface area contributed by atoms with Gasteiger partial charge in [-0.05, 0) is 36.8 Å². The van der Waals surface area contributed by atoms with Gasteiger partial charge < -0.3 is 14.8 Å². The largest absolute Gasteiger partial charge is 0.461 e. The maximum atomic E-state index is 10.9. The van der Waals surface area contributed by atoms with Gasteiger partial charge in [0.2, 0.25) is 12.2 Å². The Morgan fingerprint density at radius 1 is 1.30 bits per heavy atom. The van der Waals surface area contributed by atoms with Crippen molar-refractivity contribution in [2.45, 2.75) is 39.6 Å². The SMILES string of the molecule is CC[C@H]1O[C@H](Oc2ccc(NC(C)=O)cc2)C=C[C@@H]1C. The molecular formula is C16H21NO3. The second-order valence-electron chi connectivity index (χ2n) is 5.02. The van der Waals surface area contributed by atoms with Crippen molar-refractivity contribution in [3.63, 3.8) is 0 Å². The summed E-state index contributed by atoms with van der Waals surface area (Å²) in [5.74, 6) is 1.05. The number of carbonyl (C=O) groups excluding carboxylic acids is 1. The van der Waals surface area contributed by atoms with E-state index in [1.54, 1.807) is 0 Å². The highest BCUT2D eigenvalue weighted by Crippen LogP contribution is 2.24. The summed E-state index contributed by atoms with van der Waals surface area (Å²) in [6.45, 7) is 5.74. The first kappa shape index (κ1) is 14.6. The molecule has 0 radical (unpaired) electrons. The monoisotopic (exact) mass is 275 g/mol. The molecule has 1 aromatic rings. The van der Waals surface area contributed by atoms with Crippen molar-refractivity contribution in [3.05, 3.63) is 36.4 Å². The molecule has 4 heteroatoms. The van der Waals surface area contributed by atoms with Crippen LogP contribution in [-0.2, 0) is 9.53 Å². The molecule has 0 bridgehead atoms. The van der Waals surface area contributed by atoms with Gasteiger partial charge in [0.05, 0.1) is 6.10 Å². The fraction of sp³-hybridized carbons (Fsp3) is 0.438. The van der Waals surface area contributed by atoms with E-state index in [9.17, 15) is 4.79 Å². The molecule has 0 saturated heterocycles. The van der Waals surface area contributed by atoms with Gasteiger partial charge in [0, 0.05) is 18.5 Å². The minimum atomic E-state index is -0.345. The van der Waals surface area contributed by atoms with Gasteiger partial charge in [0.25, 0.3) is 0 Å². The van der Waals surface area contributed by atoms with Crippen LogP contribution < -0.4 is 10.1 Å². The number of benzene rings is 1. The molecule has 20 heavy (non-hydrogen) atoms. The quantitative estimate of drug-likeness (QED) is 0.857. The summed E-state index contributed by atoms with van der Waals surface area (Å²) in [5.41, 5.74) is 0.755. The molecule has 1 N–H and O–H groups in total. The van der Waals surface area contributed by atoms with Gasteiger partial charge in [-0.25, -0.2) is 0 Å². The summed E-state index contributed by atoms with van der Waals surface area (Å²) < 4.78 is 11.6. The number of hydrogen-bond acceptors (Lipinski definition) is 3. The molecule has 1 aromatic carbocycles. The Labute approximate surface area is 119 Å².